The van der Waals surface area contributed by atoms with Crippen molar-refractivity contribution < 1.29 is 21.6 Å². The van der Waals surface area contributed by atoms with Crippen molar-refractivity contribution in [2.45, 2.75) is 22.8 Å². The van der Waals surface area contributed by atoms with Crippen molar-refractivity contribution in [3.05, 3.63) is 28.8 Å². The molecule has 0 saturated carbocycles. The average Bonchev–Trinajstić information content (AvgIpc) is 2.91. The van der Waals surface area contributed by atoms with Crippen molar-refractivity contribution in [1.82, 2.24) is 20.2 Å². The number of anilines is 1. The maximum atomic E-state index is 12.6. The molecule has 0 aliphatic rings. The zero-order valence-electron chi connectivity index (χ0n) is 14.0. The lowest BCUT2D eigenvalue weighted by Gasteiger charge is -2.15. The molecule has 0 aliphatic carbocycles. The van der Waals surface area contributed by atoms with Crippen LogP contribution >= 0.6 is 11.6 Å². The molecule has 1 unspecified atom stereocenters. The van der Waals surface area contributed by atoms with Gasteiger partial charge in [-0.25, -0.2) is 21.5 Å². The summed E-state index contributed by atoms with van der Waals surface area (Å²) in [6, 6.07) is 3.39. The number of aryl methyl sites for hydroxylation is 1. The molecule has 2 aromatic rings. The predicted molar refractivity (Wildman–Crippen MR) is 94.3 cm³/mol. The van der Waals surface area contributed by atoms with Crippen molar-refractivity contribution >= 4 is 43.1 Å². The van der Waals surface area contributed by atoms with E-state index in [1.807, 2.05) is 0 Å². The number of halogens is 1. The molecule has 10 nitrogen and oxygen atoms in total. The third-order valence-electron chi connectivity index (χ3n) is 3.52. The summed E-state index contributed by atoms with van der Waals surface area (Å²) < 4.78 is 48.3. The molecule has 142 valence electrons. The van der Waals surface area contributed by atoms with Crippen LogP contribution in [0, 0.1) is 0 Å². The van der Waals surface area contributed by atoms with E-state index in [2.05, 4.69) is 20.8 Å². The summed E-state index contributed by atoms with van der Waals surface area (Å²) in [7, 11) is -6.49. The van der Waals surface area contributed by atoms with Crippen LogP contribution in [-0.4, -0.2) is 53.8 Å². The van der Waals surface area contributed by atoms with Gasteiger partial charge in [-0.3, -0.25) is 10.1 Å². The second-order valence-electron chi connectivity index (χ2n) is 5.43. The normalized spacial score (nSPS) is 13.4. The topological polar surface area (TPSA) is 141 Å². The van der Waals surface area contributed by atoms with E-state index in [0.29, 0.717) is 0 Å². The van der Waals surface area contributed by atoms with Gasteiger partial charge in [0.25, 0.3) is 5.91 Å². The van der Waals surface area contributed by atoms with E-state index in [4.69, 9.17) is 11.6 Å². The lowest BCUT2D eigenvalue weighted by Crippen LogP contribution is -2.29. The number of sulfone groups is 2. The van der Waals surface area contributed by atoms with Crippen LogP contribution in [0.1, 0.15) is 23.7 Å². The molecule has 0 bridgehead atoms. The minimum atomic E-state index is -4.17. The molecule has 13 heteroatoms. The molecule has 0 radical (unpaired) electrons. The molecule has 0 spiro atoms. The standard InChI is InChI=1S/C13H16ClN5O5S2/c1-4-11(25(3,21)22)26(23,24)8-5-6-9(10(14)7-8)12(20)15-13-16-17-18-19(13)2/h5-7,11H,4H2,1-3H3,(H,15,16,18,20). The van der Waals surface area contributed by atoms with Crippen LogP contribution in [0.3, 0.4) is 0 Å². The van der Waals surface area contributed by atoms with Crippen LogP contribution in [0.4, 0.5) is 5.95 Å². The summed E-state index contributed by atoms with van der Waals surface area (Å²) >= 11 is 6.04. The number of carbonyl (C=O) groups is 1. The first-order chi connectivity index (χ1) is 12.0. The predicted octanol–water partition coefficient (Wildman–Crippen LogP) is 0.670. The monoisotopic (exact) mass is 421 g/mol. The van der Waals surface area contributed by atoms with Crippen LogP contribution in [0.5, 0.6) is 0 Å². The van der Waals surface area contributed by atoms with Crippen molar-refractivity contribution in [2.75, 3.05) is 11.6 Å². The Hall–Kier alpha value is -2.05. The lowest BCUT2D eigenvalue weighted by atomic mass is 10.2. The molecule has 1 heterocycles. The highest BCUT2D eigenvalue weighted by Crippen LogP contribution is 2.27. The summed E-state index contributed by atoms with van der Waals surface area (Å²) in [5.41, 5.74) is -0.0129. The van der Waals surface area contributed by atoms with Crippen LogP contribution < -0.4 is 5.32 Å². The van der Waals surface area contributed by atoms with Crippen molar-refractivity contribution in [3.8, 4) is 0 Å². The third kappa shape index (κ3) is 4.02. The number of hydrogen-bond acceptors (Lipinski definition) is 8. The van der Waals surface area contributed by atoms with Gasteiger partial charge < -0.3 is 0 Å². The maximum absolute atomic E-state index is 12.6. The van der Waals surface area contributed by atoms with Gasteiger partial charge in [0.05, 0.1) is 15.5 Å². The Kier molecular flexibility index (Phi) is 5.68. The van der Waals surface area contributed by atoms with E-state index >= 15 is 0 Å². The van der Waals surface area contributed by atoms with Gasteiger partial charge in [-0.2, -0.15) is 0 Å². The number of benzene rings is 1. The Morgan fingerprint density at radius 3 is 2.42 bits per heavy atom. The van der Waals surface area contributed by atoms with E-state index in [1.54, 1.807) is 0 Å². The molecule has 0 fully saturated rings. The first kappa shape index (κ1) is 20.3. The zero-order chi connectivity index (χ0) is 19.7. The van der Waals surface area contributed by atoms with Gasteiger partial charge in [-0.15, -0.1) is 0 Å². The lowest BCUT2D eigenvalue weighted by molar-refractivity contribution is 0.102. The molecule has 26 heavy (non-hydrogen) atoms. The fourth-order valence-electron chi connectivity index (χ4n) is 2.27. The second kappa shape index (κ2) is 7.29. The third-order valence-corrected chi connectivity index (χ3v) is 8.86. The number of aromatic nitrogens is 4. The molecule has 1 N–H and O–H groups in total. The van der Waals surface area contributed by atoms with E-state index in [-0.39, 0.29) is 27.9 Å². The number of tetrazole rings is 1. The molecular formula is C13H16ClN5O5S2. The Morgan fingerprint density at radius 2 is 1.96 bits per heavy atom. The minimum absolute atomic E-state index is 0.0129. The number of rotatable bonds is 6. The fraction of sp³-hybridized carbons (Fsp3) is 0.385. The molecule has 1 amide bonds. The highest BCUT2D eigenvalue weighted by atomic mass is 35.5. The molecule has 0 aliphatic heterocycles. The van der Waals surface area contributed by atoms with Gasteiger partial charge in [-0.1, -0.05) is 23.6 Å². The Morgan fingerprint density at radius 1 is 1.31 bits per heavy atom. The molecule has 1 aromatic heterocycles. The van der Waals surface area contributed by atoms with Gasteiger partial charge in [0.1, 0.15) is 0 Å². The van der Waals surface area contributed by atoms with E-state index < -0.39 is 30.2 Å². The highest BCUT2D eigenvalue weighted by Gasteiger charge is 2.35. The first-order valence-corrected chi connectivity index (χ1v) is 11.1. The van der Waals surface area contributed by atoms with Gasteiger partial charge in [0, 0.05) is 13.3 Å². The number of amides is 1. The smallest absolute Gasteiger partial charge is 0.259 e. The summed E-state index contributed by atoms with van der Waals surface area (Å²) in [6.45, 7) is 1.46. The molecule has 1 atom stereocenters. The largest absolute Gasteiger partial charge is 0.289 e. The number of nitrogens with one attached hydrogen (secondary N) is 1. The van der Waals surface area contributed by atoms with Crippen molar-refractivity contribution in [2.24, 2.45) is 7.05 Å². The number of hydrogen-bond donors (Lipinski definition) is 1. The van der Waals surface area contributed by atoms with Crippen molar-refractivity contribution in [3.63, 3.8) is 0 Å². The summed E-state index contributed by atoms with van der Waals surface area (Å²) in [4.78, 5) is 12.0. The molecule has 1 aromatic carbocycles. The van der Waals surface area contributed by atoms with E-state index in [1.165, 1.54) is 24.7 Å². The highest BCUT2D eigenvalue weighted by molar-refractivity contribution is 8.08. The quantitative estimate of drug-likeness (QED) is 0.717. The summed E-state index contributed by atoms with van der Waals surface area (Å²) in [5, 5.41) is 12.8. The molecule has 2 rings (SSSR count). The van der Waals surface area contributed by atoms with Gasteiger partial charge in [-0.05, 0) is 35.0 Å². The SMILES string of the molecule is CCC(S(C)(=O)=O)S(=O)(=O)c1ccc(C(=O)Nc2nnnn2C)c(Cl)c1. The Labute approximate surface area is 155 Å². The summed E-state index contributed by atoms with van der Waals surface area (Å²) in [5.74, 6) is -0.571. The van der Waals surface area contributed by atoms with Gasteiger partial charge in [0.15, 0.2) is 24.3 Å². The second-order valence-corrected chi connectivity index (χ2v) is 10.5. The van der Waals surface area contributed by atoms with Crippen LogP contribution in [0.15, 0.2) is 23.1 Å². The van der Waals surface area contributed by atoms with Crippen molar-refractivity contribution in [1.29, 1.82) is 0 Å². The van der Waals surface area contributed by atoms with Crippen LogP contribution in [0.25, 0.3) is 0 Å². The first-order valence-electron chi connectivity index (χ1n) is 7.24. The van der Waals surface area contributed by atoms with Gasteiger partial charge >= 0.3 is 0 Å². The minimum Gasteiger partial charge on any atom is -0.289 e. The number of carbonyl (C=O) groups excluding carboxylic acids is 1. The van der Waals surface area contributed by atoms with Crippen LogP contribution in [0.2, 0.25) is 5.02 Å². The Bertz CT molecular complexity index is 1050. The number of nitrogens with zero attached hydrogens (tertiary/aromatic N) is 4. The summed E-state index contributed by atoms with van der Waals surface area (Å²) in [6.07, 6.45) is 0.747. The molecule has 0 saturated heterocycles. The van der Waals surface area contributed by atoms with E-state index in [9.17, 15) is 21.6 Å². The van der Waals surface area contributed by atoms with Crippen LogP contribution in [-0.2, 0) is 26.7 Å². The Balaban J connectivity index is 2.37. The van der Waals surface area contributed by atoms with E-state index in [0.717, 1.165) is 18.4 Å². The fourth-order valence-corrected chi connectivity index (χ4v) is 6.66. The molecular weight excluding hydrogens is 406 g/mol. The zero-order valence-corrected chi connectivity index (χ0v) is 16.4. The van der Waals surface area contributed by atoms with Gasteiger partial charge in [0.2, 0.25) is 5.95 Å². The maximum Gasteiger partial charge on any atom is 0.259 e. The average molecular weight is 422 g/mol.